The van der Waals surface area contributed by atoms with Gasteiger partial charge in [-0.3, -0.25) is 4.90 Å². The van der Waals surface area contributed by atoms with Crippen LogP contribution in [0.3, 0.4) is 0 Å². The first-order chi connectivity index (χ1) is 9.63. The molecule has 110 valence electrons. The van der Waals surface area contributed by atoms with E-state index in [9.17, 15) is 0 Å². The van der Waals surface area contributed by atoms with Crippen LogP contribution >= 0.6 is 22.7 Å². The van der Waals surface area contributed by atoms with Gasteiger partial charge in [-0.2, -0.15) is 0 Å². The van der Waals surface area contributed by atoms with Gasteiger partial charge >= 0.3 is 0 Å². The summed E-state index contributed by atoms with van der Waals surface area (Å²) in [6.07, 6.45) is 2.11. The molecule has 20 heavy (non-hydrogen) atoms. The zero-order chi connectivity index (χ0) is 14.5. The SMILES string of the molecule is CCC(N)C(c1sccc1C)N(C)CCc1cccs1. The molecule has 2 rings (SSSR count). The number of nitrogens with two attached hydrogens (primary N) is 1. The van der Waals surface area contributed by atoms with E-state index in [1.165, 1.54) is 15.3 Å². The Morgan fingerprint density at radius 2 is 2.05 bits per heavy atom. The van der Waals surface area contributed by atoms with Crippen LogP contribution in [0.2, 0.25) is 0 Å². The second-order valence-corrected chi connectivity index (χ2v) is 7.27. The maximum Gasteiger partial charge on any atom is 0.0593 e. The Labute approximate surface area is 130 Å². The summed E-state index contributed by atoms with van der Waals surface area (Å²) in [5.74, 6) is 0. The molecule has 0 aliphatic carbocycles. The normalized spacial score (nSPS) is 14.7. The molecule has 0 aromatic carbocycles. The van der Waals surface area contributed by atoms with E-state index in [1.807, 2.05) is 22.7 Å². The lowest BCUT2D eigenvalue weighted by Crippen LogP contribution is -2.39. The predicted molar refractivity (Wildman–Crippen MR) is 90.7 cm³/mol. The fourth-order valence-corrected chi connectivity index (χ4v) is 4.38. The van der Waals surface area contributed by atoms with Gasteiger partial charge in [-0.15, -0.1) is 22.7 Å². The highest BCUT2D eigenvalue weighted by Crippen LogP contribution is 2.31. The molecule has 0 saturated carbocycles. The Morgan fingerprint density at radius 1 is 1.25 bits per heavy atom. The van der Waals surface area contributed by atoms with Crippen molar-refractivity contribution in [1.29, 1.82) is 0 Å². The largest absolute Gasteiger partial charge is 0.326 e. The van der Waals surface area contributed by atoms with Gasteiger partial charge in [0.25, 0.3) is 0 Å². The lowest BCUT2D eigenvalue weighted by Gasteiger charge is -2.32. The summed E-state index contributed by atoms with van der Waals surface area (Å²) < 4.78 is 0. The predicted octanol–water partition coefficient (Wildman–Crippen LogP) is 4.07. The van der Waals surface area contributed by atoms with Crippen molar-refractivity contribution in [2.24, 2.45) is 5.73 Å². The van der Waals surface area contributed by atoms with Crippen LogP contribution in [0, 0.1) is 6.92 Å². The minimum atomic E-state index is 0.195. The minimum Gasteiger partial charge on any atom is -0.326 e. The highest BCUT2D eigenvalue weighted by Gasteiger charge is 2.25. The lowest BCUT2D eigenvalue weighted by atomic mass is 10.0. The van der Waals surface area contributed by atoms with Crippen molar-refractivity contribution in [3.8, 4) is 0 Å². The number of likely N-dealkylation sites (N-methyl/N-ethyl adjacent to an activating group) is 1. The molecule has 2 unspecified atom stereocenters. The third-order valence-corrected chi connectivity index (χ3v) is 5.84. The van der Waals surface area contributed by atoms with E-state index in [0.29, 0.717) is 6.04 Å². The third-order valence-electron chi connectivity index (χ3n) is 3.81. The number of thiophene rings is 2. The van der Waals surface area contributed by atoms with Gasteiger partial charge in [0.15, 0.2) is 0 Å². The quantitative estimate of drug-likeness (QED) is 0.835. The first kappa shape index (κ1) is 15.7. The molecule has 2 heterocycles. The van der Waals surface area contributed by atoms with E-state index < -0.39 is 0 Å². The number of hydrogen-bond acceptors (Lipinski definition) is 4. The van der Waals surface area contributed by atoms with Gasteiger partial charge in [0.1, 0.15) is 0 Å². The van der Waals surface area contributed by atoms with Crippen LogP contribution < -0.4 is 5.73 Å². The Morgan fingerprint density at radius 3 is 2.60 bits per heavy atom. The molecule has 0 aliphatic heterocycles. The number of rotatable bonds is 7. The summed E-state index contributed by atoms with van der Waals surface area (Å²) in [7, 11) is 2.20. The van der Waals surface area contributed by atoms with Gasteiger partial charge in [0.2, 0.25) is 0 Å². The van der Waals surface area contributed by atoms with Crippen molar-refractivity contribution < 1.29 is 0 Å². The van der Waals surface area contributed by atoms with Crippen molar-refractivity contribution in [3.05, 3.63) is 44.3 Å². The molecule has 0 fully saturated rings. The molecule has 0 amide bonds. The second-order valence-electron chi connectivity index (χ2n) is 5.29. The Bertz CT molecular complexity index is 504. The highest BCUT2D eigenvalue weighted by molar-refractivity contribution is 7.10. The number of hydrogen-bond donors (Lipinski definition) is 1. The van der Waals surface area contributed by atoms with E-state index in [4.69, 9.17) is 5.73 Å². The molecule has 0 saturated heterocycles. The molecule has 2 aromatic rings. The maximum absolute atomic E-state index is 6.39. The van der Waals surface area contributed by atoms with Crippen molar-refractivity contribution in [2.75, 3.05) is 13.6 Å². The van der Waals surface area contributed by atoms with Crippen LogP contribution in [0.25, 0.3) is 0 Å². The van der Waals surface area contributed by atoms with Crippen molar-refractivity contribution >= 4 is 22.7 Å². The molecule has 2 N–H and O–H groups in total. The van der Waals surface area contributed by atoms with Crippen LogP contribution in [-0.2, 0) is 6.42 Å². The van der Waals surface area contributed by atoms with Crippen molar-refractivity contribution in [3.63, 3.8) is 0 Å². The Kier molecular flexibility index (Phi) is 5.78. The zero-order valence-electron chi connectivity index (χ0n) is 12.5. The first-order valence-corrected chi connectivity index (χ1v) is 8.91. The first-order valence-electron chi connectivity index (χ1n) is 7.15. The smallest absolute Gasteiger partial charge is 0.0593 e. The van der Waals surface area contributed by atoms with Crippen LogP contribution in [0.15, 0.2) is 29.0 Å². The second kappa shape index (κ2) is 7.36. The van der Waals surface area contributed by atoms with Crippen LogP contribution in [0.4, 0.5) is 0 Å². The van der Waals surface area contributed by atoms with Crippen LogP contribution in [-0.4, -0.2) is 24.5 Å². The highest BCUT2D eigenvalue weighted by atomic mass is 32.1. The minimum absolute atomic E-state index is 0.195. The summed E-state index contributed by atoms with van der Waals surface area (Å²) in [5, 5.41) is 4.32. The van der Waals surface area contributed by atoms with Gasteiger partial charge in [-0.1, -0.05) is 13.0 Å². The van der Waals surface area contributed by atoms with Crippen molar-refractivity contribution in [2.45, 2.75) is 38.8 Å². The van der Waals surface area contributed by atoms with Crippen molar-refractivity contribution in [1.82, 2.24) is 4.90 Å². The summed E-state index contributed by atoms with van der Waals surface area (Å²) in [6, 6.07) is 7.06. The molecule has 0 radical (unpaired) electrons. The molecule has 0 bridgehead atoms. The van der Waals surface area contributed by atoms with E-state index in [-0.39, 0.29) is 6.04 Å². The van der Waals surface area contributed by atoms with Gasteiger partial charge in [0.05, 0.1) is 6.04 Å². The monoisotopic (exact) mass is 308 g/mol. The average molecular weight is 309 g/mol. The molecule has 2 nitrogen and oxygen atoms in total. The molecule has 2 aromatic heterocycles. The van der Waals surface area contributed by atoms with E-state index in [0.717, 1.165) is 19.4 Å². The lowest BCUT2D eigenvalue weighted by molar-refractivity contribution is 0.215. The van der Waals surface area contributed by atoms with E-state index in [2.05, 4.69) is 54.8 Å². The molecular weight excluding hydrogens is 284 g/mol. The van der Waals surface area contributed by atoms with Gasteiger partial charge < -0.3 is 5.73 Å². The standard InChI is InChI=1S/C16H24N2S2/c1-4-14(17)15(16-12(2)8-11-20-16)18(3)9-7-13-6-5-10-19-13/h5-6,8,10-11,14-15H,4,7,9,17H2,1-3H3. The fourth-order valence-electron chi connectivity index (χ4n) is 2.51. The molecule has 0 spiro atoms. The summed E-state index contributed by atoms with van der Waals surface area (Å²) in [4.78, 5) is 5.30. The van der Waals surface area contributed by atoms with Crippen LogP contribution in [0.1, 0.15) is 34.7 Å². The molecular formula is C16H24N2S2. The maximum atomic E-state index is 6.39. The number of aryl methyl sites for hydroxylation is 1. The van der Waals surface area contributed by atoms with Gasteiger partial charge in [-0.25, -0.2) is 0 Å². The topological polar surface area (TPSA) is 29.3 Å². The number of nitrogens with zero attached hydrogens (tertiary/aromatic N) is 1. The third kappa shape index (κ3) is 3.70. The molecule has 4 heteroatoms. The van der Waals surface area contributed by atoms with E-state index >= 15 is 0 Å². The fraction of sp³-hybridized carbons (Fsp3) is 0.500. The Hall–Kier alpha value is -0.680. The summed E-state index contributed by atoms with van der Waals surface area (Å²) in [5.41, 5.74) is 7.76. The molecule has 2 atom stereocenters. The summed E-state index contributed by atoms with van der Waals surface area (Å²) in [6.45, 7) is 5.41. The summed E-state index contributed by atoms with van der Waals surface area (Å²) >= 11 is 3.67. The zero-order valence-corrected chi connectivity index (χ0v) is 14.1. The van der Waals surface area contributed by atoms with Crippen LogP contribution in [0.5, 0.6) is 0 Å². The van der Waals surface area contributed by atoms with Gasteiger partial charge in [-0.05, 0) is 55.3 Å². The average Bonchev–Trinajstić information content (AvgIpc) is 3.09. The molecule has 0 aliphatic rings. The Balaban J connectivity index is 2.08. The van der Waals surface area contributed by atoms with E-state index in [1.54, 1.807) is 0 Å². The van der Waals surface area contributed by atoms with Gasteiger partial charge in [0, 0.05) is 22.3 Å².